The molecule has 0 aliphatic carbocycles. The number of carbonyl (C=O) groups excluding carboxylic acids is 2. The SMILES string of the molecule is CCOC(=O)c1cc(-c2ccc(C)cc2)n(CCC(=O)Nc2ccccc2Br)c1C. The second kappa shape index (κ2) is 9.76. The molecule has 0 fully saturated rings. The van der Waals surface area contributed by atoms with E-state index in [1.54, 1.807) is 6.92 Å². The normalized spacial score (nSPS) is 10.7. The summed E-state index contributed by atoms with van der Waals surface area (Å²) in [6.07, 6.45) is 0.276. The van der Waals surface area contributed by atoms with E-state index in [1.807, 2.05) is 73.0 Å². The summed E-state index contributed by atoms with van der Waals surface area (Å²) < 4.78 is 8.06. The predicted molar refractivity (Wildman–Crippen MR) is 123 cm³/mol. The molecule has 0 bridgehead atoms. The lowest BCUT2D eigenvalue weighted by atomic mass is 10.1. The Morgan fingerprint density at radius 2 is 1.77 bits per heavy atom. The molecule has 156 valence electrons. The molecule has 1 heterocycles. The van der Waals surface area contributed by atoms with Crippen LogP contribution >= 0.6 is 15.9 Å². The number of rotatable bonds is 7. The van der Waals surface area contributed by atoms with E-state index in [2.05, 4.69) is 21.2 Å². The van der Waals surface area contributed by atoms with E-state index in [9.17, 15) is 9.59 Å². The number of anilines is 1. The van der Waals surface area contributed by atoms with Crippen molar-refractivity contribution in [2.75, 3.05) is 11.9 Å². The van der Waals surface area contributed by atoms with Crippen molar-refractivity contribution in [2.24, 2.45) is 0 Å². The van der Waals surface area contributed by atoms with Gasteiger partial charge in [-0.1, -0.05) is 42.0 Å². The summed E-state index contributed by atoms with van der Waals surface area (Å²) in [5.74, 6) is -0.442. The number of carbonyl (C=O) groups is 2. The van der Waals surface area contributed by atoms with Gasteiger partial charge in [-0.05, 0) is 60.5 Å². The van der Waals surface area contributed by atoms with Crippen LogP contribution in [0, 0.1) is 13.8 Å². The molecule has 1 amide bonds. The first-order chi connectivity index (χ1) is 14.4. The van der Waals surface area contributed by atoms with E-state index in [4.69, 9.17) is 4.74 Å². The van der Waals surface area contributed by atoms with Crippen molar-refractivity contribution < 1.29 is 14.3 Å². The fourth-order valence-corrected chi connectivity index (χ4v) is 3.68. The number of nitrogens with one attached hydrogen (secondary N) is 1. The number of ether oxygens (including phenoxy) is 1. The van der Waals surface area contributed by atoms with Gasteiger partial charge in [0.05, 0.1) is 17.9 Å². The van der Waals surface area contributed by atoms with Crippen molar-refractivity contribution in [3.63, 3.8) is 0 Å². The van der Waals surface area contributed by atoms with Crippen molar-refractivity contribution in [3.05, 3.63) is 75.9 Å². The highest BCUT2D eigenvalue weighted by molar-refractivity contribution is 9.10. The number of benzene rings is 2. The molecular weight excluding hydrogens is 444 g/mol. The van der Waals surface area contributed by atoms with Gasteiger partial charge in [0, 0.05) is 28.8 Å². The second-order valence-electron chi connectivity index (χ2n) is 7.04. The van der Waals surface area contributed by atoms with Crippen molar-refractivity contribution in [2.45, 2.75) is 33.7 Å². The van der Waals surface area contributed by atoms with E-state index >= 15 is 0 Å². The number of aryl methyl sites for hydroxylation is 1. The van der Waals surface area contributed by atoms with E-state index in [0.717, 1.165) is 32.7 Å². The largest absolute Gasteiger partial charge is 0.462 e. The predicted octanol–water partition coefficient (Wildman–Crippen LogP) is 5.74. The molecule has 2 aromatic carbocycles. The van der Waals surface area contributed by atoms with Gasteiger partial charge in [0.15, 0.2) is 0 Å². The Morgan fingerprint density at radius 1 is 1.07 bits per heavy atom. The topological polar surface area (TPSA) is 60.3 Å². The summed E-state index contributed by atoms with van der Waals surface area (Å²) in [4.78, 5) is 25.0. The lowest BCUT2D eigenvalue weighted by molar-refractivity contribution is -0.116. The van der Waals surface area contributed by atoms with Gasteiger partial charge in [-0.2, -0.15) is 0 Å². The van der Waals surface area contributed by atoms with E-state index in [0.29, 0.717) is 18.7 Å². The van der Waals surface area contributed by atoms with Gasteiger partial charge in [-0.3, -0.25) is 4.79 Å². The highest BCUT2D eigenvalue weighted by Gasteiger charge is 2.20. The number of para-hydroxylation sites is 1. The summed E-state index contributed by atoms with van der Waals surface area (Å²) in [6, 6.07) is 17.5. The molecular formula is C24H25BrN2O3. The summed E-state index contributed by atoms with van der Waals surface area (Å²) >= 11 is 3.44. The maximum absolute atomic E-state index is 12.5. The third-order valence-electron chi connectivity index (χ3n) is 4.92. The maximum atomic E-state index is 12.5. The summed E-state index contributed by atoms with van der Waals surface area (Å²) in [7, 11) is 0. The van der Waals surface area contributed by atoms with Gasteiger partial charge in [-0.25, -0.2) is 4.79 Å². The lowest BCUT2D eigenvalue weighted by Gasteiger charge is -2.13. The Hall–Kier alpha value is -2.86. The molecule has 6 heteroatoms. The smallest absolute Gasteiger partial charge is 0.339 e. The van der Waals surface area contributed by atoms with Crippen LogP contribution in [0.5, 0.6) is 0 Å². The van der Waals surface area contributed by atoms with Crippen LogP contribution in [0.1, 0.15) is 35.0 Å². The molecule has 30 heavy (non-hydrogen) atoms. The Balaban J connectivity index is 1.86. The Morgan fingerprint density at radius 3 is 2.43 bits per heavy atom. The van der Waals surface area contributed by atoms with Crippen molar-refractivity contribution in [1.82, 2.24) is 4.57 Å². The van der Waals surface area contributed by atoms with Crippen LogP contribution in [0.15, 0.2) is 59.1 Å². The molecule has 0 aliphatic heterocycles. The fraction of sp³-hybridized carbons (Fsp3) is 0.250. The molecule has 3 aromatic rings. The number of aromatic nitrogens is 1. The minimum Gasteiger partial charge on any atom is -0.462 e. The maximum Gasteiger partial charge on any atom is 0.339 e. The quantitative estimate of drug-likeness (QED) is 0.449. The lowest BCUT2D eigenvalue weighted by Crippen LogP contribution is -2.16. The molecule has 0 atom stereocenters. The average molecular weight is 469 g/mol. The molecule has 0 aliphatic rings. The van der Waals surface area contributed by atoms with Gasteiger partial charge < -0.3 is 14.6 Å². The standard InChI is InChI=1S/C24H25BrN2O3/c1-4-30-24(29)19-15-22(18-11-9-16(2)10-12-18)27(17(19)3)14-13-23(28)26-21-8-6-5-7-20(21)25/h5-12,15H,4,13-14H2,1-3H3,(H,26,28). The number of hydrogen-bond acceptors (Lipinski definition) is 3. The van der Waals surface area contributed by atoms with Gasteiger partial charge in [0.1, 0.15) is 0 Å². The van der Waals surface area contributed by atoms with Gasteiger partial charge >= 0.3 is 5.97 Å². The van der Waals surface area contributed by atoms with Crippen LogP contribution < -0.4 is 5.32 Å². The third kappa shape index (κ3) is 5.00. The van der Waals surface area contributed by atoms with Crippen LogP contribution in [0.3, 0.4) is 0 Å². The minimum absolute atomic E-state index is 0.0949. The van der Waals surface area contributed by atoms with Crippen LogP contribution in [-0.2, 0) is 16.1 Å². The van der Waals surface area contributed by atoms with Gasteiger partial charge in [0.2, 0.25) is 5.91 Å². The Kier molecular flexibility index (Phi) is 7.11. The highest BCUT2D eigenvalue weighted by atomic mass is 79.9. The first-order valence-corrected chi connectivity index (χ1v) is 10.7. The van der Waals surface area contributed by atoms with Gasteiger partial charge in [0.25, 0.3) is 0 Å². The molecule has 5 nitrogen and oxygen atoms in total. The Labute approximate surface area is 185 Å². The molecule has 0 spiro atoms. The Bertz CT molecular complexity index is 1050. The third-order valence-corrected chi connectivity index (χ3v) is 5.61. The molecule has 0 saturated heterocycles. The number of nitrogens with zero attached hydrogens (tertiary/aromatic N) is 1. The molecule has 0 radical (unpaired) electrons. The van der Waals surface area contributed by atoms with Crippen molar-refractivity contribution in [3.8, 4) is 11.3 Å². The van der Waals surface area contributed by atoms with Crippen LogP contribution in [-0.4, -0.2) is 23.1 Å². The monoisotopic (exact) mass is 468 g/mol. The van der Waals surface area contributed by atoms with E-state index in [-0.39, 0.29) is 18.3 Å². The second-order valence-corrected chi connectivity index (χ2v) is 7.90. The molecule has 0 unspecified atom stereocenters. The zero-order valence-electron chi connectivity index (χ0n) is 17.4. The van der Waals surface area contributed by atoms with Gasteiger partial charge in [-0.15, -0.1) is 0 Å². The van der Waals surface area contributed by atoms with E-state index in [1.165, 1.54) is 0 Å². The average Bonchev–Trinajstić information content (AvgIpc) is 3.05. The van der Waals surface area contributed by atoms with E-state index < -0.39 is 0 Å². The zero-order valence-corrected chi connectivity index (χ0v) is 19.0. The van der Waals surface area contributed by atoms with Crippen LogP contribution in [0.2, 0.25) is 0 Å². The molecule has 3 rings (SSSR count). The molecule has 1 N–H and O–H groups in total. The first-order valence-electron chi connectivity index (χ1n) is 9.89. The number of amides is 1. The zero-order chi connectivity index (χ0) is 21.7. The number of halogens is 1. The highest BCUT2D eigenvalue weighted by Crippen LogP contribution is 2.28. The minimum atomic E-state index is -0.347. The number of hydrogen-bond donors (Lipinski definition) is 1. The van der Waals surface area contributed by atoms with Crippen LogP contribution in [0.25, 0.3) is 11.3 Å². The summed E-state index contributed by atoms with van der Waals surface area (Å²) in [6.45, 7) is 6.47. The summed E-state index contributed by atoms with van der Waals surface area (Å²) in [5, 5.41) is 2.93. The fourth-order valence-electron chi connectivity index (χ4n) is 3.30. The summed E-state index contributed by atoms with van der Waals surface area (Å²) in [5.41, 5.74) is 5.09. The number of esters is 1. The van der Waals surface area contributed by atoms with Crippen LogP contribution in [0.4, 0.5) is 5.69 Å². The molecule has 1 aromatic heterocycles. The van der Waals surface area contributed by atoms with Crippen molar-refractivity contribution in [1.29, 1.82) is 0 Å². The first kappa shape index (κ1) is 21.8. The van der Waals surface area contributed by atoms with Crippen molar-refractivity contribution >= 4 is 33.5 Å². The molecule has 0 saturated carbocycles.